The summed E-state index contributed by atoms with van der Waals surface area (Å²) in [5.74, 6) is -1.25. The number of aryl methyl sites for hydroxylation is 2. The third-order valence-electron chi connectivity index (χ3n) is 4.98. The van der Waals surface area contributed by atoms with E-state index in [1.807, 2.05) is 0 Å². The number of aromatic nitrogens is 2. The monoisotopic (exact) mass is 445 g/mol. The molecule has 0 aliphatic heterocycles. The number of carbonyl (C=O) groups is 1. The molecule has 0 saturated carbocycles. The van der Waals surface area contributed by atoms with Crippen LogP contribution in [0.1, 0.15) is 40.9 Å². The highest BCUT2D eigenvalue weighted by molar-refractivity contribution is 5.79. The summed E-state index contributed by atoms with van der Waals surface area (Å²) < 4.78 is 68.6. The van der Waals surface area contributed by atoms with Gasteiger partial charge in [0, 0.05) is 23.7 Å². The van der Waals surface area contributed by atoms with Crippen LogP contribution in [0.5, 0.6) is 5.75 Å². The number of carbonyl (C=O) groups excluding carboxylic acids is 1. The maximum atomic E-state index is 13.3. The largest absolute Gasteiger partial charge is 0.435 e. The zero-order chi connectivity index (χ0) is 22.8. The van der Waals surface area contributed by atoms with Gasteiger partial charge in [-0.1, -0.05) is 12.1 Å². The van der Waals surface area contributed by atoms with Crippen molar-refractivity contribution in [2.75, 3.05) is 6.54 Å². The highest BCUT2D eigenvalue weighted by Gasteiger charge is 2.39. The molecule has 1 amide bonds. The van der Waals surface area contributed by atoms with Crippen molar-refractivity contribution in [3.05, 3.63) is 52.6 Å². The van der Waals surface area contributed by atoms with Crippen molar-refractivity contribution >= 4 is 5.91 Å². The fourth-order valence-corrected chi connectivity index (χ4v) is 3.52. The summed E-state index contributed by atoms with van der Waals surface area (Å²) in [5, 5.41) is 12.7. The number of aliphatic hydroxyl groups excluding tert-OH is 1. The molecule has 1 heterocycles. The lowest BCUT2D eigenvalue weighted by Gasteiger charge is -2.26. The van der Waals surface area contributed by atoms with Crippen LogP contribution in [0.3, 0.4) is 0 Å². The van der Waals surface area contributed by atoms with Crippen LogP contribution in [-0.2, 0) is 23.8 Å². The minimum Gasteiger partial charge on any atom is -0.435 e. The van der Waals surface area contributed by atoms with Gasteiger partial charge in [-0.3, -0.25) is 4.79 Å². The number of rotatable bonds is 6. The molecule has 0 bridgehead atoms. The van der Waals surface area contributed by atoms with E-state index in [9.17, 15) is 31.9 Å². The van der Waals surface area contributed by atoms with E-state index in [0.29, 0.717) is 17.7 Å². The summed E-state index contributed by atoms with van der Waals surface area (Å²) in [6.45, 7) is -1.77. The van der Waals surface area contributed by atoms with Crippen LogP contribution in [0.25, 0.3) is 0 Å². The maximum Gasteiger partial charge on any atom is 0.433 e. The molecule has 1 aromatic heterocycles. The van der Waals surface area contributed by atoms with Gasteiger partial charge in [0.2, 0.25) is 5.91 Å². The molecule has 2 atom stereocenters. The van der Waals surface area contributed by atoms with Gasteiger partial charge in [-0.25, -0.2) is 9.97 Å². The van der Waals surface area contributed by atoms with E-state index in [0.717, 1.165) is 0 Å². The van der Waals surface area contributed by atoms with Gasteiger partial charge in [0.05, 0.1) is 6.10 Å². The van der Waals surface area contributed by atoms with E-state index in [-0.39, 0.29) is 36.5 Å². The van der Waals surface area contributed by atoms with Crippen molar-refractivity contribution in [1.82, 2.24) is 15.3 Å². The Morgan fingerprint density at radius 2 is 1.94 bits per heavy atom. The Labute approximate surface area is 174 Å². The first-order valence-corrected chi connectivity index (χ1v) is 9.48. The van der Waals surface area contributed by atoms with Crippen LogP contribution in [0.2, 0.25) is 0 Å². The summed E-state index contributed by atoms with van der Waals surface area (Å²) in [6.07, 6.45) is -5.38. The second-order valence-electron chi connectivity index (χ2n) is 7.19. The molecule has 0 spiro atoms. The molecule has 168 valence electrons. The van der Waals surface area contributed by atoms with E-state index in [1.165, 1.54) is 31.2 Å². The average molecular weight is 445 g/mol. The number of amides is 1. The van der Waals surface area contributed by atoms with Gasteiger partial charge in [-0.15, -0.1) is 0 Å². The molecule has 1 aliphatic rings. The second kappa shape index (κ2) is 9.13. The lowest BCUT2D eigenvalue weighted by atomic mass is 9.85. The molecule has 1 aromatic carbocycles. The number of halogens is 5. The van der Waals surface area contributed by atoms with Crippen LogP contribution in [0.15, 0.2) is 24.3 Å². The highest BCUT2D eigenvalue weighted by Crippen LogP contribution is 2.36. The Hall–Kier alpha value is -2.82. The van der Waals surface area contributed by atoms with E-state index in [1.54, 1.807) is 0 Å². The SMILES string of the molecule is Cc1nc2c(c(C(F)(F)F)n1)CC(C(=O)NCC(O)c1ccc(OC(F)F)cc1)CC2. The predicted molar refractivity (Wildman–Crippen MR) is 98.3 cm³/mol. The number of benzene rings is 1. The van der Waals surface area contributed by atoms with Crippen molar-refractivity contribution < 1.29 is 36.6 Å². The third kappa shape index (κ3) is 5.66. The summed E-state index contributed by atoms with van der Waals surface area (Å²) in [6, 6.07) is 5.26. The third-order valence-corrected chi connectivity index (χ3v) is 4.98. The number of ether oxygens (including phenoxy) is 1. The van der Waals surface area contributed by atoms with E-state index < -0.39 is 36.4 Å². The smallest absolute Gasteiger partial charge is 0.433 e. The Balaban J connectivity index is 1.62. The quantitative estimate of drug-likeness (QED) is 0.667. The number of alkyl halides is 5. The molecule has 0 fully saturated rings. The van der Waals surface area contributed by atoms with Crippen molar-refractivity contribution in [1.29, 1.82) is 0 Å². The Morgan fingerprint density at radius 1 is 1.26 bits per heavy atom. The van der Waals surface area contributed by atoms with Crippen LogP contribution in [0.4, 0.5) is 22.0 Å². The molecule has 2 aromatic rings. The van der Waals surface area contributed by atoms with E-state index in [4.69, 9.17) is 0 Å². The van der Waals surface area contributed by atoms with Crippen molar-refractivity contribution in [2.24, 2.45) is 5.92 Å². The topological polar surface area (TPSA) is 84.3 Å². The van der Waals surface area contributed by atoms with E-state index in [2.05, 4.69) is 20.0 Å². The van der Waals surface area contributed by atoms with Crippen molar-refractivity contribution in [3.8, 4) is 5.75 Å². The van der Waals surface area contributed by atoms with Crippen molar-refractivity contribution in [2.45, 2.75) is 45.1 Å². The fraction of sp³-hybridized carbons (Fsp3) is 0.450. The maximum absolute atomic E-state index is 13.3. The lowest BCUT2D eigenvalue weighted by Crippen LogP contribution is -2.37. The first-order chi connectivity index (χ1) is 14.5. The first kappa shape index (κ1) is 22.9. The fourth-order valence-electron chi connectivity index (χ4n) is 3.52. The second-order valence-corrected chi connectivity index (χ2v) is 7.19. The molecule has 2 N–H and O–H groups in total. The number of nitrogens with zero attached hydrogens (tertiary/aromatic N) is 2. The van der Waals surface area contributed by atoms with Gasteiger partial charge in [-0.05, 0) is 43.9 Å². The number of nitrogens with one attached hydrogen (secondary N) is 1. The zero-order valence-corrected chi connectivity index (χ0v) is 16.4. The Morgan fingerprint density at radius 3 is 2.55 bits per heavy atom. The average Bonchev–Trinajstić information content (AvgIpc) is 2.70. The van der Waals surface area contributed by atoms with Crippen LogP contribution in [0, 0.1) is 12.8 Å². The molecule has 1 aliphatic carbocycles. The molecule has 3 rings (SSSR count). The van der Waals surface area contributed by atoms with Gasteiger partial charge in [0.1, 0.15) is 11.6 Å². The number of hydrogen-bond acceptors (Lipinski definition) is 5. The molecule has 2 unspecified atom stereocenters. The molecule has 11 heteroatoms. The highest BCUT2D eigenvalue weighted by atomic mass is 19.4. The Kier molecular flexibility index (Phi) is 6.73. The molecular weight excluding hydrogens is 425 g/mol. The number of hydrogen-bond donors (Lipinski definition) is 2. The molecule has 0 saturated heterocycles. The summed E-state index contributed by atoms with van der Waals surface area (Å²) in [4.78, 5) is 20.1. The molecule has 0 radical (unpaired) electrons. The van der Waals surface area contributed by atoms with Crippen molar-refractivity contribution in [3.63, 3.8) is 0 Å². The predicted octanol–water partition coefficient (Wildman–Crippen LogP) is 3.36. The van der Waals surface area contributed by atoms with Gasteiger partial charge in [-0.2, -0.15) is 22.0 Å². The first-order valence-electron chi connectivity index (χ1n) is 9.48. The van der Waals surface area contributed by atoms with Gasteiger partial charge in [0.25, 0.3) is 0 Å². The zero-order valence-electron chi connectivity index (χ0n) is 16.4. The van der Waals surface area contributed by atoms with Crippen LogP contribution < -0.4 is 10.1 Å². The van der Waals surface area contributed by atoms with Gasteiger partial charge < -0.3 is 15.2 Å². The van der Waals surface area contributed by atoms with E-state index >= 15 is 0 Å². The van der Waals surface area contributed by atoms with Crippen LogP contribution in [-0.4, -0.2) is 34.1 Å². The summed E-state index contributed by atoms with van der Waals surface area (Å²) in [5.41, 5.74) is -0.424. The Bertz CT molecular complexity index is 935. The molecule has 31 heavy (non-hydrogen) atoms. The minimum atomic E-state index is -4.65. The molecular formula is C20H20F5N3O3. The lowest BCUT2D eigenvalue weighted by molar-refractivity contribution is -0.142. The summed E-state index contributed by atoms with van der Waals surface area (Å²) in [7, 11) is 0. The molecule has 6 nitrogen and oxygen atoms in total. The standard InChI is InChI=1S/C20H20F5N3O3/c1-10-27-15-7-4-12(8-14(15)17(28-10)20(23,24)25)18(30)26-9-16(29)11-2-5-13(6-3-11)31-19(21)22/h2-3,5-6,12,16,19,29H,4,7-9H2,1H3,(H,26,30). The minimum absolute atomic E-state index is 0.0297. The summed E-state index contributed by atoms with van der Waals surface area (Å²) >= 11 is 0. The normalized spacial score (nSPS) is 17.2. The van der Waals surface area contributed by atoms with Gasteiger partial charge in [0.15, 0.2) is 5.69 Å². The number of aliphatic hydroxyl groups is 1. The number of fused-ring (bicyclic) bond motifs is 1. The van der Waals surface area contributed by atoms with Crippen LogP contribution >= 0.6 is 0 Å². The van der Waals surface area contributed by atoms with Gasteiger partial charge >= 0.3 is 12.8 Å².